The van der Waals surface area contributed by atoms with Crippen molar-refractivity contribution in [3.05, 3.63) is 22.2 Å². The fourth-order valence-corrected chi connectivity index (χ4v) is 2.17. The molecule has 1 aromatic rings. The summed E-state index contributed by atoms with van der Waals surface area (Å²) in [6.07, 6.45) is 2.01. The first-order valence-corrected chi connectivity index (χ1v) is 8.58. The monoisotopic (exact) mass is 316 g/mol. The smallest absolute Gasteiger partial charge is 0.276 e. The zero-order valence-electron chi connectivity index (χ0n) is 12.4. The van der Waals surface area contributed by atoms with Gasteiger partial charge in [-0.15, -0.1) is 0 Å². The largest absolute Gasteiger partial charge is 0.370 e. The summed E-state index contributed by atoms with van der Waals surface area (Å²) in [4.78, 5) is 16.3. The van der Waals surface area contributed by atoms with Gasteiger partial charge in [-0.3, -0.25) is 10.1 Å². The van der Waals surface area contributed by atoms with Crippen LogP contribution in [0, 0.1) is 10.1 Å². The van der Waals surface area contributed by atoms with Crippen LogP contribution in [-0.2, 0) is 9.84 Å². The van der Waals surface area contributed by atoms with E-state index in [1.54, 1.807) is 11.9 Å². The molecular formula is C12H20N4O4S. The Bertz CT molecular complexity index is 603. The summed E-state index contributed by atoms with van der Waals surface area (Å²) in [7, 11) is -1.44. The molecule has 0 aromatic carbocycles. The lowest BCUT2D eigenvalue weighted by molar-refractivity contribution is -0.384. The number of hydrogen-bond acceptors (Lipinski definition) is 7. The van der Waals surface area contributed by atoms with E-state index in [9.17, 15) is 18.5 Å². The molecule has 0 atom stereocenters. The molecule has 0 spiro atoms. The first-order chi connectivity index (χ1) is 9.73. The van der Waals surface area contributed by atoms with Crippen molar-refractivity contribution >= 4 is 27.2 Å². The minimum Gasteiger partial charge on any atom is -0.370 e. The van der Waals surface area contributed by atoms with Crippen LogP contribution in [0.25, 0.3) is 0 Å². The van der Waals surface area contributed by atoms with Crippen molar-refractivity contribution in [3.63, 3.8) is 0 Å². The number of aromatic nitrogens is 1. The fourth-order valence-electron chi connectivity index (χ4n) is 1.56. The van der Waals surface area contributed by atoms with Gasteiger partial charge in [0.05, 0.1) is 22.8 Å². The van der Waals surface area contributed by atoms with Gasteiger partial charge >= 0.3 is 0 Å². The van der Waals surface area contributed by atoms with Crippen molar-refractivity contribution in [1.29, 1.82) is 0 Å². The predicted molar refractivity (Wildman–Crippen MR) is 82.7 cm³/mol. The number of sulfone groups is 1. The Morgan fingerprint density at radius 3 is 2.62 bits per heavy atom. The molecule has 0 radical (unpaired) electrons. The van der Waals surface area contributed by atoms with Crippen LogP contribution in [0.5, 0.6) is 0 Å². The van der Waals surface area contributed by atoms with Crippen LogP contribution in [0.15, 0.2) is 12.1 Å². The van der Waals surface area contributed by atoms with Gasteiger partial charge < -0.3 is 10.2 Å². The van der Waals surface area contributed by atoms with Crippen LogP contribution in [0.4, 0.5) is 17.3 Å². The number of nitrogens with one attached hydrogen (secondary N) is 1. The lowest BCUT2D eigenvalue weighted by atomic mass is 10.3. The van der Waals surface area contributed by atoms with E-state index in [2.05, 4.69) is 10.3 Å². The van der Waals surface area contributed by atoms with Gasteiger partial charge in [-0.05, 0) is 6.42 Å². The second-order valence-corrected chi connectivity index (χ2v) is 7.06. The summed E-state index contributed by atoms with van der Waals surface area (Å²) in [5.74, 6) is 0.740. The molecule has 0 fully saturated rings. The Kier molecular flexibility index (Phi) is 5.89. The molecule has 0 bridgehead atoms. The van der Waals surface area contributed by atoms with E-state index in [0.717, 1.165) is 12.7 Å². The van der Waals surface area contributed by atoms with Crippen LogP contribution in [0.1, 0.15) is 13.3 Å². The molecule has 0 aliphatic rings. The predicted octanol–water partition coefficient (Wildman–Crippen LogP) is 1.29. The van der Waals surface area contributed by atoms with Crippen LogP contribution in [-0.4, -0.2) is 50.5 Å². The first kappa shape index (κ1) is 17.2. The average Bonchev–Trinajstić information content (AvgIpc) is 2.41. The molecule has 0 saturated heterocycles. The summed E-state index contributed by atoms with van der Waals surface area (Å²) in [6, 6.07) is 2.70. The second kappa shape index (κ2) is 7.21. The first-order valence-electron chi connectivity index (χ1n) is 6.52. The van der Waals surface area contributed by atoms with Gasteiger partial charge in [-0.1, -0.05) is 6.92 Å². The zero-order valence-corrected chi connectivity index (χ0v) is 13.2. The van der Waals surface area contributed by atoms with E-state index in [0.29, 0.717) is 18.2 Å². The topological polar surface area (TPSA) is 105 Å². The maximum absolute atomic E-state index is 11.2. The van der Waals surface area contributed by atoms with Gasteiger partial charge in [0.2, 0.25) is 0 Å². The zero-order chi connectivity index (χ0) is 16.0. The van der Waals surface area contributed by atoms with Gasteiger partial charge in [0, 0.05) is 26.4 Å². The third kappa shape index (κ3) is 5.94. The number of nitro groups is 1. The normalized spacial score (nSPS) is 11.2. The van der Waals surface area contributed by atoms with E-state index in [4.69, 9.17) is 0 Å². The summed E-state index contributed by atoms with van der Waals surface area (Å²) < 4.78 is 22.4. The van der Waals surface area contributed by atoms with Gasteiger partial charge in [-0.25, -0.2) is 13.4 Å². The molecule has 0 aliphatic heterocycles. The summed E-state index contributed by atoms with van der Waals surface area (Å²) in [6.45, 7) is 2.85. The van der Waals surface area contributed by atoms with E-state index in [-0.39, 0.29) is 18.0 Å². The average molecular weight is 316 g/mol. The molecule has 9 heteroatoms. The molecule has 0 saturated carbocycles. The summed E-state index contributed by atoms with van der Waals surface area (Å²) in [5, 5.41) is 14.0. The maximum Gasteiger partial charge on any atom is 0.276 e. The molecule has 1 heterocycles. The van der Waals surface area contributed by atoms with Crippen molar-refractivity contribution in [2.75, 3.05) is 42.4 Å². The van der Waals surface area contributed by atoms with E-state index < -0.39 is 14.8 Å². The standard InChI is InChI=1S/C12H20N4O4S/c1-4-5-13-11-8-10(16(17)18)9-12(14-11)15(2)6-7-21(3,19)20/h8-9H,4-7H2,1-3H3,(H,13,14). The highest BCUT2D eigenvalue weighted by molar-refractivity contribution is 7.90. The minimum atomic E-state index is -3.10. The van der Waals surface area contributed by atoms with Gasteiger partial charge in [0.25, 0.3) is 5.69 Å². The molecular weight excluding hydrogens is 296 g/mol. The Hall–Kier alpha value is -1.90. The van der Waals surface area contributed by atoms with Crippen molar-refractivity contribution < 1.29 is 13.3 Å². The van der Waals surface area contributed by atoms with Gasteiger partial charge in [-0.2, -0.15) is 0 Å². The molecule has 1 aromatic heterocycles. The molecule has 8 nitrogen and oxygen atoms in total. The Balaban J connectivity index is 2.98. The SMILES string of the molecule is CCCNc1cc([N+](=O)[O-])cc(N(C)CCS(C)(=O)=O)n1. The van der Waals surface area contributed by atoms with E-state index >= 15 is 0 Å². The molecule has 21 heavy (non-hydrogen) atoms. The number of pyridine rings is 1. The Morgan fingerprint density at radius 2 is 2.10 bits per heavy atom. The van der Waals surface area contributed by atoms with Gasteiger partial charge in [0.1, 0.15) is 21.5 Å². The number of rotatable bonds is 8. The van der Waals surface area contributed by atoms with Crippen molar-refractivity contribution in [3.8, 4) is 0 Å². The van der Waals surface area contributed by atoms with Crippen LogP contribution in [0.3, 0.4) is 0 Å². The number of anilines is 2. The van der Waals surface area contributed by atoms with E-state index in [1.165, 1.54) is 12.1 Å². The summed E-state index contributed by atoms with van der Waals surface area (Å²) in [5.41, 5.74) is -0.0789. The van der Waals surface area contributed by atoms with Crippen LogP contribution in [0.2, 0.25) is 0 Å². The molecule has 1 rings (SSSR count). The number of hydrogen-bond donors (Lipinski definition) is 1. The van der Waals surface area contributed by atoms with Crippen molar-refractivity contribution in [1.82, 2.24) is 4.98 Å². The highest BCUT2D eigenvalue weighted by Crippen LogP contribution is 2.22. The third-order valence-electron chi connectivity index (χ3n) is 2.75. The maximum atomic E-state index is 11.2. The van der Waals surface area contributed by atoms with Crippen molar-refractivity contribution in [2.45, 2.75) is 13.3 Å². The second-order valence-electron chi connectivity index (χ2n) is 4.80. The molecule has 0 aliphatic carbocycles. The fraction of sp³-hybridized carbons (Fsp3) is 0.583. The van der Waals surface area contributed by atoms with Crippen LogP contribution < -0.4 is 10.2 Å². The molecule has 0 unspecified atom stereocenters. The lowest BCUT2D eigenvalue weighted by Crippen LogP contribution is -2.26. The quantitative estimate of drug-likeness (QED) is 0.569. The molecule has 1 N–H and O–H groups in total. The van der Waals surface area contributed by atoms with Gasteiger partial charge in [0.15, 0.2) is 0 Å². The highest BCUT2D eigenvalue weighted by atomic mass is 32.2. The molecule has 118 valence electrons. The lowest BCUT2D eigenvalue weighted by Gasteiger charge is -2.18. The highest BCUT2D eigenvalue weighted by Gasteiger charge is 2.14. The van der Waals surface area contributed by atoms with E-state index in [1.807, 2.05) is 6.92 Å². The minimum absolute atomic E-state index is 0.0361. The van der Waals surface area contributed by atoms with Crippen LogP contribution >= 0.6 is 0 Å². The van der Waals surface area contributed by atoms with Crippen molar-refractivity contribution in [2.24, 2.45) is 0 Å². The number of nitrogens with zero attached hydrogens (tertiary/aromatic N) is 3. The third-order valence-corrected chi connectivity index (χ3v) is 3.68. The Morgan fingerprint density at radius 1 is 1.43 bits per heavy atom. The summed E-state index contributed by atoms with van der Waals surface area (Å²) >= 11 is 0. The Labute approximate surface area is 124 Å². The molecule has 0 amide bonds.